The molecule has 0 radical (unpaired) electrons. The predicted octanol–water partition coefficient (Wildman–Crippen LogP) is 2.57. The Balaban J connectivity index is 3.24. The van der Waals surface area contributed by atoms with Crippen LogP contribution >= 0.6 is 0 Å². The molecule has 1 aromatic rings. The van der Waals surface area contributed by atoms with Gasteiger partial charge in [0.1, 0.15) is 0 Å². The Morgan fingerprint density at radius 2 is 2.05 bits per heavy atom. The van der Waals surface area contributed by atoms with E-state index < -0.39 is 0 Å². The van der Waals surface area contributed by atoms with Crippen molar-refractivity contribution in [2.75, 3.05) is 13.6 Å². The number of rotatable bonds is 3. The minimum Gasteiger partial charge on any atom is -0.337 e. The van der Waals surface area contributed by atoms with Crippen LogP contribution in [0, 0.1) is 18.8 Å². The predicted molar refractivity (Wildman–Crippen MR) is 83.6 cm³/mol. The molecular formula is C17H24N2O. The lowest BCUT2D eigenvalue weighted by atomic mass is 9.97. The second-order valence-corrected chi connectivity index (χ2v) is 5.59. The normalized spacial score (nSPS) is 10.7. The molecule has 1 amide bonds. The smallest absolute Gasteiger partial charge is 0.255 e. The zero-order chi connectivity index (χ0) is 15.3. The zero-order valence-electron chi connectivity index (χ0n) is 13.1. The van der Waals surface area contributed by atoms with Crippen molar-refractivity contribution in [3.05, 3.63) is 34.9 Å². The van der Waals surface area contributed by atoms with E-state index in [-0.39, 0.29) is 18.0 Å². The highest BCUT2D eigenvalue weighted by atomic mass is 16.2. The minimum atomic E-state index is -0.181. The van der Waals surface area contributed by atoms with Gasteiger partial charge in [0.2, 0.25) is 0 Å². The Labute approximate surface area is 122 Å². The van der Waals surface area contributed by atoms with Crippen molar-refractivity contribution in [1.29, 1.82) is 0 Å². The molecule has 0 aromatic heterocycles. The van der Waals surface area contributed by atoms with Crippen LogP contribution in [-0.2, 0) is 0 Å². The summed E-state index contributed by atoms with van der Waals surface area (Å²) in [5.74, 6) is 5.80. The lowest BCUT2D eigenvalue weighted by molar-refractivity contribution is 0.0620. The summed E-state index contributed by atoms with van der Waals surface area (Å²) in [5.41, 5.74) is 7.67. The van der Waals surface area contributed by atoms with Crippen LogP contribution in [0.1, 0.15) is 48.7 Å². The Kier molecular flexibility index (Phi) is 5.35. The fourth-order valence-electron chi connectivity index (χ4n) is 1.78. The van der Waals surface area contributed by atoms with Crippen molar-refractivity contribution in [3.8, 4) is 11.8 Å². The molecule has 2 N–H and O–H groups in total. The minimum absolute atomic E-state index is 0.00173. The Morgan fingerprint density at radius 3 is 2.60 bits per heavy atom. The Bertz CT molecular complexity index is 550. The summed E-state index contributed by atoms with van der Waals surface area (Å²) in [6.45, 7) is 8.46. The molecule has 1 rings (SSSR count). The molecule has 0 unspecified atom stereocenters. The van der Waals surface area contributed by atoms with E-state index in [9.17, 15) is 4.79 Å². The molecular weight excluding hydrogens is 248 g/mol. The first-order chi connectivity index (χ1) is 9.33. The van der Waals surface area contributed by atoms with Crippen LogP contribution in [0.4, 0.5) is 0 Å². The highest BCUT2D eigenvalue weighted by Crippen LogP contribution is 2.21. The molecule has 3 nitrogen and oxygen atoms in total. The SMILES string of the molecule is CCC(C)(C)N(C)C(=O)c1cc(C)ccc1C#CCN. The second kappa shape index (κ2) is 6.58. The van der Waals surface area contributed by atoms with E-state index >= 15 is 0 Å². The van der Waals surface area contributed by atoms with Crippen LogP contribution in [0.15, 0.2) is 18.2 Å². The number of amides is 1. The van der Waals surface area contributed by atoms with Gasteiger partial charge in [-0.3, -0.25) is 4.79 Å². The molecule has 0 aliphatic heterocycles. The van der Waals surface area contributed by atoms with Crippen molar-refractivity contribution in [3.63, 3.8) is 0 Å². The van der Waals surface area contributed by atoms with Crippen molar-refractivity contribution in [2.45, 2.75) is 39.7 Å². The van der Waals surface area contributed by atoms with Gasteiger partial charge < -0.3 is 10.6 Å². The van der Waals surface area contributed by atoms with Gasteiger partial charge in [-0.1, -0.05) is 30.4 Å². The molecule has 0 saturated carbocycles. The first kappa shape index (κ1) is 16.3. The number of hydrogen-bond acceptors (Lipinski definition) is 2. The topological polar surface area (TPSA) is 46.3 Å². The van der Waals surface area contributed by atoms with Gasteiger partial charge >= 0.3 is 0 Å². The van der Waals surface area contributed by atoms with Gasteiger partial charge in [-0.25, -0.2) is 0 Å². The maximum Gasteiger partial charge on any atom is 0.255 e. The second-order valence-electron chi connectivity index (χ2n) is 5.59. The van der Waals surface area contributed by atoms with Gasteiger partial charge in [0, 0.05) is 18.2 Å². The molecule has 0 atom stereocenters. The van der Waals surface area contributed by atoms with E-state index in [0.29, 0.717) is 5.56 Å². The highest BCUT2D eigenvalue weighted by Gasteiger charge is 2.27. The van der Waals surface area contributed by atoms with Crippen LogP contribution in [0.2, 0.25) is 0 Å². The van der Waals surface area contributed by atoms with Crippen LogP contribution in [-0.4, -0.2) is 29.9 Å². The third-order valence-electron chi connectivity index (χ3n) is 3.81. The number of carbonyl (C=O) groups is 1. The third-order valence-corrected chi connectivity index (χ3v) is 3.81. The fourth-order valence-corrected chi connectivity index (χ4v) is 1.78. The van der Waals surface area contributed by atoms with Crippen LogP contribution in [0.25, 0.3) is 0 Å². The maximum absolute atomic E-state index is 12.7. The van der Waals surface area contributed by atoms with Crippen LogP contribution < -0.4 is 5.73 Å². The number of hydrogen-bond donors (Lipinski definition) is 1. The van der Waals surface area contributed by atoms with E-state index in [0.717, 1.165) is 17.5 Å². The van der Waals surface area contributed by atoms with Crippen molar-refractivity contribution in [1.82, 2.24) is 4.90 Å². The quantitative estimate of drug-likeness (QED) is 0.860. The molecule has 0 aliphatic rings. The first-order valence-corrected chi connectivity index (χ1v) is 6.91. The molecule has 1 aromatic carbocycles. The molecule has 0 heterocycles. The molecule has 0 aliphatic carbocycles. The summed E-state index contributed by atoms with van der Waals surface area (Å²) in [7, 11) is 1.84. The third kappa shape index (κ3) is 3.61. The van der Waals surface area contributed by atoms with E-state index in [1.54, 1.807) is 4.90 Å². The van der Waals surface area contributed by atoms with E-state index in [1.165, 1.54) is 0 Å². The van der Waals surface area contributed by atoms with E-state index in [2.05, 4.69) is 32.6 Å². The number of benzene rings is 1. The number of nitrogens with two attached hydrogens (primary N) is 1. The molecule has 3 heteroatoms. The lowest BCUT2D eigenvalue weighted by Gasteiger charge is -2.35. The number of nitrogens with zero attached hydrogens (tertiary/aromatic N) is 1. The van der Waals surface area contributed by atoms with E-state index in [4.69, 9.17) is 5.73 Å². The maximum atomic E-state index is 12.7. The van der Waals surface area contributed by atoms with Crippen LogP contribution in [0.5, 0.6) is 0 Å². The average Bonchev–Trinajstić information content (AvgIpc) is 2.44. The summed E-state index contributed by atoms with van der Waals surface area (Å²) in [6, 6.07) is 5.74. The zero-order valence-corrected chi connectivity index (χ0v) is 13.1. The molecule has 20 heavy (non-hydrogen) atoms. The van der Waals surface area contributed by atoms with Crippen LogP contribution in [0.3, 0.4) is 0 Å². The molecule has 0 spiro atoms. The van der Waals surface area contributed by atoms with Gasteiger partial charge in [0.05, 0.1) is 12.1 Å². The Hall–Kier alpha value is -1.79. The summed E-state index contributed by atoms with van der Waals surface area (Å²) < 4.78 is 0. The lowest BCUT2D eigenvalue weighted by Crippen LogP contribution is -2.44. The fraction of sp³-hybridized carbons (Fsp3) is 0.471. The molecule has 0 bridgehead atoms. The Morgan fingerprint density at radius 1 is 1.40 bits per heavy atom. The summed E-state index contributed by atoms with van der Waals surface area (Å²) >= 11 is 0. The average molecular weight is 272 g/mol. The van der Waals surface area contributed by atoms with Gasteiger partial charge in [0.25, 0.3) is 5.91 Å². The monoisotopic (exact) mass is 272 g/mol. The van der Waals surface area contributed by atoms with Gasteiger partial charge in [-0.05, 0) is 39.3 Å². The van der Waals surface area contributed by atoms with E-state index in [1.807, 2.05) is 32.2 Å². The molecule has 108 valence electrons. The highest BCUT2D eigenvalue weighted by molar-refractivity contribution is 5.97. The number of aryl methyl sites for hydroxylation is 1. The van der Waals surface area contributed by atoms with Gasteiger partial charge in [0.15, 0.2) is 0 Å². The summed E-state index contributed by atoms with van der Waals surface area (Å²) in [5, 5.41) is 0. The van der Waals surface area contributed by atoms with Gasteiger partial charge in [-0.2, -0.15) is 0 Å². The standard InChI is InChI=1S/C17H24N2O/c1-6-17(3,4)19(5)16(20)15-12-13(2)9-10-14(15)8-7-11-18/h9-10,12H,6,11,18H2,1-5H3. The molecule has 0 fully saturated rings. The largest absolute Gasteiger partial charge is 0.337 e. The summed E-state index contributed by atoms with van der Waals surface area (Å²) in [4.78, 5) is 14.5. The number of carbonyl (C=O) groups excluding carboxylic acids is 1. The molecule has 0 saturated heterocycles. The van der Waals surface area contributed by atoms with Crippen molar-refractivity contribution in [2.24, 2.45) is 5.73 Å². The first-order valence-electron chi connectivity index (χ1n) is 6.91. The summed E-state index contributed by atoms with van der Waals surface area (Å²) in [6.07, 6.45) is 0.894. The van der Waals surface area contributed by atoms with Gasteiger partial charge in [-0.15, -0.1) is 0 Å². The van der Waals surface area contributed by atoms with Crippen molar-refractivity contribution >= 4 is 5.91 Å². The van der Waals surface area contributed by atoms with Crippen molar-refractivity contribution < 1.29 is 4.79 Å².